The number of hydrogen-bond acceptors (Lipinski definition) is 8. The van der Waals surface area contributed by atoms with Crippen molar-refractivity contribution in [1.29, 1.82) is 0 Å². The first-order valence-corrected chi connectivity index (χ1v) is 8.10. The maximum absolute atomic E-state index is 12.2. The predicted octanol–water partition coefficient (Wildman–Crippen LogP) is 3.48. The summed E-state index contributed by atoms with van der Waals surface area (Å²) in [6.07, 6.45) is -0.626. The predicted molar refractivity (Wildman–Crippen MR) is 89.6 cm³/mol. The molecule has 0 N–H and O–H groups in total. The molecule has 0 spiro atoms. The van der Waals surface area contributed by atoms with E-state index in [1.807, 2.05) is 13.8 Å². The van der Waals surface area contributed by atoms with Crippen LogP contribution in [0, 0.1) is 20.8 Å². The van der Waals surface area contributed by atoms with Crippen LogP contribution in [0.2, 0.25) is 0 Å². The van der Waals surface area contributed by atoms with E-state index < -0.39 is 12.1 Å². The summed E-state index contributed by atoms with van der Waals surface area (Å²) in [4.78, 5) is 16.3. The number of hydrogen-bond donors (Lipinski definition) is 0. The summed E-state index contributed by atoms with van der Waals surface area (Å²) >= 11 is 0. The number of ether oxygens (including phenoxy) is 2. The minimum absolute atomic E-state index is 0.260. The molecule has 8 nitrogen and oxygen atoms in total. The number of carbonyl (C=O) groups excluding carboxylic acids is 1. The van der Waals surface area contributed by atoms with Crippen molar-refractivity contribution in [2.45, 2.75) is 40.4 Å². The lowest BCUT2D eigenvalue weighted by Gasteiger charge is -2.10. The molecule has 0 aliphatic carbocycles. The molecular weight excluding hydrogens is 338 g/mol. The molecule has 1 atom stereocenters. The van der Waals surface area contributed by atoms with Gasteiger partial charge in [-0.15, -0.1) is 0 Å². The van der Waals surface area contributed by atoms with Crippen LogP contribution < -0.4 is 4.74 Å². The Labute approximate surface area is 150 Å². The van der Waals surface area contributed by atoms with Gasteiger partial charge in [-0.1, -0.05) is 10.3 Å². The van der Waals surface area contributed by atoms with E-state index in [-0.39, 0.29) is 5.89 Å². The molecule has 2 aromatic heterocycles. The minimum Gasteiger partial charge on any atom is -0.489 e. The first kappa shape index (κ1) is 17.7. The van der Waals surface area contributed by atoms with Crippen LogP contribution in [0.1, 0.15) is 52.1 Å². The summed E-state index contributed by atoms with van der Waals surface area (Å²) in [6.45, 7) is 7.41. The van der Waals surface area contributed by atoms with Gasteiger partial charge in [0.1, 0.15) is 18.1 Å². The molecule has 1 unspecified atom stereocenters. The largest absolute Gasteiger partial charge is 0.489 e. The van der Waals surface area contributed by atoms with Crippen LogP contribution in [0.4, 0.5) is 0 Å². The van der Waals surface area contributed by atoms with Gasteiger partial charge in [-0.05, 0) is 52.0 Å². The van der Waals surface area contributed by atoms with E-state index in [0.717, 1.165) is 17.0 Å². The molecule has 2 heterocycles. The van der Waals surface area contributed by atoms with E-state index in [1.54, 1.807) is 38.1 Å². The van der Waals surface area contributed by atoms with Crippen LogP contribution >= 0.6 is 0 Å². The first-order chi connectivity index (χ1) is 12.4. The third-order valence-corrected chi connectivity index (χ3v) is 3.83. The highest BCUT2D eigenvalue weighted by molar-refractivity contribution is 5.89. The topological polar surface area (TPSA) is 100 Å². The summed E-state index contributed by atoms with van der Waals surface area (Å²) < 4.78 is 21.1. The Hall–Kier alpha value is -3.16. The Kier molecular flexibility index (Phi) is 5.01. The second-order valence-electron chi connectivity index (χ2n) is 5.84. The van der Waals surface area contributed by atoms with Gasteiger partial charge < -0.3 is 18.5 Å². The summed E-state index contributed by atoms with van der Waals surface area (Å²) in [6, 6.07) is 6.68. The number of carbonyl (C=O) groups is 1. The highest BCUT2D eigenvalue weighted by Crippen LogP contribution is 2.20. The van der Waals surface area contributed by atoms with Gasteiger partial charge in [0.2, 0.25) is 0 Å². The van der Waals surface area contributed by atoms with Gasteiger partial charge in [0, 0.05) is 0 Å². The van der Waals surface area contributed by atoms with Gasteiger partial charge in [0.25, 0.3) is 5.89 Å². The third-order valence-electron chi connectivity index (χ3n) is 3.83. The fourth-order valence-electron chi connectivity index (χ4n) is 2.31. The van der Waals surface area contributed by atoms with Crippen molar-refractivity contribution < 1.29 is 23.3 Å². The average molecular weight is 357 g/mol. The Morgan fingerprint density at radius 2 is 1.85 bits per heavy atom. The lowest BCUT2D eigenvalue weighted by Crippen LogP contribution is -2.09. The molecule has 0 bridgehead atoms. The summed E-state index contributed by atoms with van der Waals surface area (Å²) in [7, 11) is 0. The second kappa shape index (κ2) is 7.38. The molecule has 0 saturated heterocycles. The molecule has 0 radical (unpaired) electrons. The van der Waals surface area contributed by atoms with Crippen molar-refractivity contribution >= 4 is 5.97 Å². The van der Waals surface area contributed by atoms with Crippen LogP contribution in [-0.2, 0) is 11.3 Å². The lowest BCUT2D eigenvalue weighted by molar-refractivity contribution is 0.0265. The fourth-order valence-corrected chi connectivity index (χ4v) is 2.31. The Bertz CT molecular complexity index is 878. The molecule has 1 aromatic carbocycles. The van der Waals surface area contributed by atoms with Crippen LogP contribution in [0.3, 0.4) is 0 Å². The van der Waals surface area contributed by atoms with Crippen molar-refractivity contribution in [3.63, 3.8) is 0 Å². The summed E-state index contributed by atoms with van der Waals surface area (Å²) in [5, 5.41) is 7.56. The van der Waals surface area contributed by atoms with Gasteiger partial charge in [0.05, 0.1) is 16.8 Å². The molecule has 0 saturated carbocycles. The van der Waals surface area contributed by atoms with Crippen LogP contribution in [-0.4, -0.2) is 21.3 Å². The smallest absolute Gasteiger partial charge is 0.338 e. The molecule has 8 heteroatoms. The van der Waals surface area contributed by atoms with Crippen molar-refractivity contribution in [2.24, 2.45) is 0 Å². The standard InChI is InChI=1S/C18H19N3O5/c1-10-16(11(2)25-20-10)9-23-15-7-5-14(6-8-15)18(22)24-12(3)17-19-13(4)21-26-17/h5-8,12H,9H2,1-4H3. The molecule has 0 aliphatic rings. The Balaban J connectivity index is 1.59. The average Bonchev–Trinajstić information content (AvgIpc) is 3.19. The molecule has 3 aromatic rings. The SMILES string of the molecule is Cc1noc(C(C)OC(=O)c2ccc(OCc3c(C)noc3C)cc2)n1. The van der Waals surface area contributed by atoms with Gasteiger partial charge in [-0.25, -0.2) is 4.79 Å². The number of rotatable bonds is 6. The summed E-state index contributed by atoms with van der Waals surface area (Å²) in [5.74, 6) is 1.62. The van der Waals surface area contributed by atoms with Crippen LogP contribution in [0.15, 0.2) is 33.3 Å². The van der Waals surface area contributed by atoms with Gasteiger partial charge >= 0.3 is 5.97 Å². The molecule has 136 valence electrons. The van der Waals surface area contributed by atoms with E-state index in [9.17, 15) is 4.79 Å². The number of esters is 1. The highest BCUT2D eigenvalue weighted by Gasteiger charge is 2.19. The van der Waals surface area contributed by atoms with E-state index in [4.69, 9.17) is 18.5 Å². The van der Waals surface area contributed by atoms with Gasteiger partial charge in [-0.3, -0.25) is 0 Å². The number of nitrogens with zero attached hydrogens (tertiary/aromatic N) is 3. The maximum Gasteiger partial charge on any atom is 0.338 e. The maximum atomic E-state index is 12.2. The van der Waals surface area contributed by atoms with Crippen molar-refractivity contribution in [1.82, 2.24) is 15.3 Å². The zero-order valence-electron chi connectivity index (χ0n) is 15.0. The van der Waals surface area contributed by atoms with E-state index in [0.29, 0.717) is 23.7 Å². The first-order valence-electron chi connectivity index (χ1n) is 8.10. The molecule has 0 amide bonds. The normalized spacial score (nSPS) is 12.0. The fraction of sp³-hybridized carbons (Fsp3) is 0.333. The van der Waals surface area contributed by atoms with Crippen LogP contribution in [0.25, 0.3) is 0 Å². The molecule has 3 rings (SSSR count). The third kappa shape index (κ3) is 3.90. The number of aromatic nitrogens is 3. The Morgan fingerprint density at radius 1 is 1.12 bits per heavy atom. The minimum atomic E-state index is -0.626. The molecule has 0 fully saturated rings. The van der Waals surface area contributed by atoms with E-state index in [1.165, 1.54) is 0 Å². The monoisotopic (exact) mass is 357 g/mol. The second-order valence-corrected chi connectivity index (χ2v) is 5.84. The van der Waals surface area contributed by atoms with E-state index in [2.05, 4.69) is 15.3 Å². The number of aryl methyl sites for hydroxylation is 3. The van der Waals surface area contributed by atoms with Crippen molar-refractivity contribution in [2.75, 3.05) is 0 Å². The molecular formula is C18H19N3O5. The zero-order chi connectivity index (χ0) is 18.7. The quantitative estimate of drug-likeness (QED) is 0.618. The highest BCUT2D eigenvalue weighted by atomic mass is 16.6. The Morgan fingerprint density at radius 3 is 2.42 bits per heavy atom. The molecule has 26 heavy (non-hydrogen) atoms. The zero-order valence-corrected chi connectivity index (χ0v) is 15.0. The lowest BCUT2D eigenvalue weighted by atomic mass is 10.2. The van der Waals surface area contributed by atoms with Gasteiger partial charge in [-0.2, -0.15) is 4.98 Å². The summed E-state index contributed by atoms with van der Waals surface area (Å²) in [5.41, 5.74) is 2.11. The van der Waals surface area contributed by atoms with Crippen molar-refractivity contribution in [3.8, 4) is 5.75 Å². The molecule has 0 aliphatic heterocycles. The number of benzene rings is 1. The van der Waals surface area contributed by atoms with E-state index >= 15 is 0 Å². The van der Waals surface area contributed by atoms with Crippen molar-refractivity contribution in [3.05, 3.63) is 58.6 Å². The van der Waals surface area contributed by atoms with Gasteiger partial charge in [0.15, 0.2) is 11.9 Å². The van der Waals surface area contributed by atoms with Crippen LogP contribution in [0.5, 0.6) is 5.75 Å².